The summed E-state index contributed by atoms with van der Waals surface area (Å²) < 4.78 is 0. The highest BCUT2D eigenvalue weighted by atomic mass is 15.2. The lowest BCUT2D eigenvalue weighted by molar-refractivity contribution is 0.637. The minimum absolute atomic E-state index is 0.430. The molecular formula is C12H15N3. The van der Waals surface area contributed by atoms with Crippen LogP contribution in [-0.4, -0.2) is 31.0 Å². The van der Waals surface area contributed by atoms with Crippen molar-refractivity contribution < 1.29 is 0 Å². The SMILES string of the molecule is Cc1ccccc1C1=NC2CNCC2N1. The summed E-state index contributed by atoms with van der Waals surface area (Å²) in [6.07, 6.45) is 0. The molecule has 1 aromatic rings. The van der Waals surface area contributed by atoms with Crippen molar-refractivity contribution in [1.82, 2.24) is 10.6 Å². The van der Waals surface area contributed by atoms with Gasteiger partial charge in [0.05, 0.1) is 12.1 Å². The van der Waals surface area contributed by atoms with Crippen molar-refractivity contribution >= 4 is 5.84 Å². The first-order valence-corrected chi connectivity index (χ1v) is 5.45. The van der Waals surface area contributed by atoms with Crippen LogP contribution in [0.4, 0.5) is 0 Å². The third kappa shape index (κ3) is 1.43. The number of rotatable bonds is 1. The van der Waals surface area contributed by atoms with E-state index in [9.17, 15) is 0 Å². The average molecular weight is 201 g/mol. The number of nitrogens with zero attached hydrogens (tertiary/aromatic N) is 1. The van der Waals surface area contributed by atoms with Crippen LogP contribution >= 0.6 is 0 Å². The minimum atomic E-state index is 0.430. The van der Waals surface area contributed by atoms with Gasteiger partial charge in [0.25, 0.3) is 0 Å². The summed E-state index contributed by atoms with van der Waals surface area (Å²) in [5.74, 6) is 1.07. The first-order chi connectivity index (χ1) is 7.34. The average Bonchev–Trinajstić information content (AvgIpc) is 2.77. The molecule has 78 valence electrons. The first kappa shape index (κ1) is 8.92. The molecule has 0 aromatic heterocycles. The largest absolute Gasteiger partial charge is 0.364 e. The van der Waals surface area contributed by atoms with Crippen molar-refractivity contribution in [2.24, 2.45) is 4.99 Å². The Morgan fingerprint density at radius 3 is 2.93 bits per heavy atom. The van der Waals surface area contributed by atoms with Gasteiger partial charge < -0.3 is 10.6 Å². The topological polar surface area (TPSA) is 36.4 Å². The van der Waals surface area contributed by atoms with E-state index in [0.717, 1.165) is 18.9 Å². The monoisotopic (exact) mass is 201 g/mol. The molecule has 0 spiro atoms. The van der Waals surface area contributed by atoms with Crippen molar-refractivity contribution in [3.63, 3.8) is 0 Å². The van der Waals surface area contributed by atoms with Crippen LogP contribution in [0.2, 0.25) is 0 Å². The van der Waals surface area contributed by atoms with Crippen molar-refractivity contribution in [1.29, 1.82) is 0 Å². The molecule has 2 unspecified atom stereocenters. The van der Waals surface area contributed by atoms with Gasteiger partial charge in [-0.1, -0.05) is 24.3 Å². The second kappa shape index (κ2) is 3.35. The Bertz CT molecular complexity index is 411. The lowest BCUT2D eigenvalue weighted by Crippen LogP contribution is -2.35. The molecule has 2 atom stereocenters. The van der Waals surface area contributed by atoms with Gasteiger partial charge in [0.2, 0.25) is 0 Å². The van der Waals surface area contributed by atoms with Crippen molar-refractivity contribution in [3.8, 4) is 0 Å². The molecule has 2 aliphatic heterocycles. The number of hydrogen-bond donors (Lipinski definition) is 2. The van der Waals surface area contributed by atoms with Crippen LogP contribution in [0.1, 0.15) is 11.1 Å². The van der Waals surface area contributed by atoms with Crippen LogP contribution in [0.15, 0.2) is 29.3 Å². The Labute approximate surface area is 89.6 Å². The fraction of sp³-hybridized carbons (Fsp3) is 0.417. The van der Waals surface area contributed by atoms with Gasteiger partial charge >= 0.3 is 0 Å². The maximum atomic E-state index is 4.72. The van der Waals surface area contributed by atoms with Gasteiger partial charge in [-0.25, -0.2) is 0 Å². The zero-order valence-electron chi connectivity index (χ0n) is 8.83. The smallest absolute Gasteiger partial charge is 0.129 e. The summed E-state index contributed by atoms with van der Waals surface area (Å²) in [6.45, 7) is 4.17. The predicted molar refractivity (Wildman–Crippen MR) is 61.3 cm³/mol. The van der Waals surface area contributed by atoms with E-state index in [1.807, 2.05) is 0 Å². The quantitative estimate of drug-likeness (QED) is 0.701. The molecule has 1 saturated heterocycles. The number of hydrogen-bond acceptors (Lipinski definition) is 3. The van der Waals surface area contributed by atoms with E-state index in [2.05, 4.69) is 41.8 Å². The van der Waals surface area contributed by atoms with Gasteiger partial charge in [-0.3, -0.25) is 4.99 Å². The highest BCUT2D eigenvalue weighted by Crippen LogP contribution is 2.17. The second-order valence-corrected chi connectivity index (χ2v) is 4.27. The van der Waals surface area contributed by atoms with E-state index in [4.69, 9.17) is 4.99 Å². The van der Waals surface area contributed by atoms with Crippen LogP contribution in [0.3, 0.4) is 0 Å². The number of aliphatic imine (C=N–C) groups is 1. The third-order valence-electron chi connectivity index (χ3n) is 3.20. The van der Waals surface area contributed by atoms with E-state index in [1.165, 1.54) is 11.1 Å². The number of benzene rings is 1. The van der Waals surface area contributed by atoms with E-state index in [0.29, 0.717) is 12.1 Å². The summed E-state index contributed by atoms with van der Waals surface area (Å²) >= 11 is 0. The predicted octanol–water partition coefficient (Wildman–Crippen LogP) is 0.685. The molecule has 2 N–H and O–H groups in total. The number of aryl methyl sites for hydroxylation is 1. The normalized spacial score (nSPS) is 28.5. The van der Waals surface area contributed by atoms with Crippen molar-refractivity contribution in [3.05, 3.63) is 35.4 Å². The van der Waals surface area contributed by atoms with Gasteiger partial charge in [-0.2, -0.15) is 0 Å². The third-order valence-corrected chi connectivity index (χ3v) is 3.20. The van der Waals surface area contributed by atoms with Crippen LogP contribution in [0.5, 0.6) is 0 Å². The highest BCUT2D eigenvalue weighted by molar-refractivity contribution is 6.01. The first-order valence-electron chi connectivity index (χ1n) is 5.45. The van der Waals surface area contributed by atoms with Crippen molar-refractivity contribution in [2.45, 2.75) is 19.0 Å². The zero-order valence-corrected chi connectivity index (χ0v) is 8.83. The van der Waals surface area contributed by atoms with Crippen LogP contribution < -0.4 is 10.6 Å². The summed E-state index contributed by atoms with van der Waals surface area (Å²) in [4.78, 5) is 4.72. The Kier molecular flexibility index (Phi) is 1.99. The van der Waals surface area contributed by atoms with E-state index >= 15 is 0 Å². The standard InChI is InChI=1S/C12H15N3/c1-8-4-2-3-5-9(8)12-14-10-6-13-7-11(10)15-12/h2-5,10-11,13H,6-7H2,1H3,(H,14,15). The lowest BCUT2D eigenvalue weighted by Gasteiger charge is -2.09. The lowest BCUT2D eigenvalue weighted by atomic mass is 10.1. The van der Waals surface area contributed by atoms with Gasteiger partial charge in [0.15, 0.2) is 0 Å². The molecule has 3 heteroatoms. The number of fused-ring (bicyclic) bond motifs is 1. The maximum Gasteiger partial charge on any atom is 0.129 e. The molecule has 2 aliphatic rings. The summed E-state index contributed by atoms with van der Waals surface area (Å²) in [6, 6.07) is 9.33. The minimum Gasteiger partial charge on any atom is -0.364 e. The second-order valence-electron chi connectivity index (χ2n) is 4.27. The Hall–Kier alpha value is -1.35. The fourth-order valence-corrected chi connectivity index (χ4v) is 2.31. The molecule has 1 fully saturated rings. The molecule has 0 saturated carbocycles. The molecule has 1 aromatic carbocycles. The van der Waals surface area contributed by atoms with Crippen LogP contribution in [0.25, 0.3) is 0 Å². The summed E-state index contributed by atoms with van der Waals surface area (Å²) in [5.41, 5.74) is 2.53. The summed E-state index contributed by atoms with van der Waals surface area (Å²) in [5, 5.41) is 6.84. The maximum absolute atomic E-state index is 4.72. The molecular weight excluding hydrogens is 186 g/mol. The van der Waals surface area contributed by atoms with E-state index in [-0.39, 0.29) is 0 Å². The molecule has 0 amide bonds. The zero-order chi connectivity index (χ0) is 10.3. The molecule has 0 aliphatic carbocycles. The molecule has 2 heterocycles. The van der Waals surface area contributed by atoms with Crippen LogP contribution in [-0.2, 0) is 0 Å². The number of nitrogens with one attached hydrogen (secondary N) is 2. The Morgan fingerprint density at radius 2 is 2.13 bits per heavy atom. The fourth-order valence-electron chi connectivity index (χ4n) is 2.31. The van der Waals surface area contributed by atoms with Gasteiger partial charge in [0, 0.05) is 18.7 Å². The van der Waals surface area contributed by atoms with Gasteiger partial charge in [-0.15, -0.1) is 0 Å². The Morgan fingerprint density at radius 1 is 1.27 bits per heavy atom. The van der Waals surface area contributed by atoms with Crippen molar-refractivity contribution in [2.75, 3.05) is 13.1 Å². The molecule has 0 radical (unpaired) electrons. The van der Waals surface area contributed by atoms with Crippen LogP contribution in [0, 0.1) is 6.92 Å². The summed E-state index contributed by atoms with van der Waals surface area (Å²) in [7, 11) is 0. The highest BCUT2D eigenvalue weighted by Gasteiger charge is 2.33. The van der Waals surface area contributed by atoms with Gasteiger partial charge in [-0.05, 0) is 12.5 Å². The Balaban J connectivity index is 1.93. The molecule has 3 nitrogen and oxygen atoms in total. The molecule has 3 rings (SSSR count). The van der Waals surface area contributed by atoms with E-state index in [1.54, 1.807) is 0 Å². The van der Waals surface area contributed by atoms with E-state index < -0.39 is 0 Å². The molecule has 15 heavy (non-hydrogen) atoms. The molecule has 0 bridgehead atoms. The van der Waals surface area contributed by atoms with Gasteiger partial charge in [0.1, 0.15) is 5.84 Å². The number of amidine groups is 1.